The van der Waals surface area contributed by atoms with Crippen LogP contribution in [0, 0.1) is 6.92 Å². The van der Waals surface area contributed by atoms with Gasteiger partial charge in [0.2, 0.25) is 10.0 Å². The van der Waals surface area contributed by atoms with Gasteiger partial charge in [-0.2, -0.15) is 4.31 Å². The zero-order chi connectivity index (χ0) is 17.9. The monoisotopic (exact) mass is 354 g/mol. The maximum Gasteiger partial charge on any atom is 0.325 e. The molecule has 1 atom stereocenters. The summed E-state index contributed by atoms with van der Waals surface area (Å²) in [4.78, 5) is 23.1. The Kier molecular flexibility index (Phi) is 5.61. The van der Waals surface area contributed by atoms with Crippen LogP contribution in [-0.4, -0.2) is 48.8 Å². The number of rotatable bonds is 5. The molecule has 0 spiro atoms. The first-order valence-electron chi connectivity index (χ1n) is 7.88. The van der Waals surface area contributed by atoms with Crippen molar-refractivity contribution in [2.75, 3.05) is 13.1 Å². The topological polar surface area (TPSA) is 104 Å². The molecule has 132 valence electrons. The molecule has 0 aromatic heterocycles. The number of nitrogens with one attached hydrogen (secondary N) is 1. The highest BCUT2D eigenvalue weighted by atomic mass is 32.2. The van der Waals surface area contributed by atoms with E-state index in [4.69, 9.17) is 5.11 Å². The first-order valence-corrected chi connectivity index (χ1v) is 9.32. The van der Waals surface area contributed by atoms with Crippen molar-refractivity contribution in [1.29, 1.82) is 0 Å². The number of carbonyl (C=O) groups is 2. The number of sulfonamides is 1. The van der Waals surface area contributed by atoms with Crippen LogP contribution in [0.25, 0.3) is 0 Å². The summed E-state index contributed by atoms with van der Waals surface area (Å²) < 4.78 is 27.1. The zero-order valence-corrected chi connectivity index (χ0v) is 14.6. The summed E-state index contributed by atoms with van der Waals surface area (Å²) in [5, 5.41) is 11.2. The lowest BCUT2D eigenvalue weighted by Gasteiger charge is -2.26. The lowest BCUT2D eigenvalue weighted by molar-refractivity contribution is -0.138. The molecule has 1 heterocycles. The molecule has 2 N–H and O–H groups in total. The molecule has 8 heteroatoms. The Labute approximate surface area is 141 Å². The third-order valence-electron chi connectivity index (χ3n) is 4.10. The summed E-state index contributed by atoms with van der Waals surface area (Å²) in [6.07, 6.45) is 2.67. The largest absolute Gasteiger partial charge is 0.480 e. The molecule has 7 nitrogen and oxygen atoms in total. The average molecular weight is 354 g/mol. The highest BCUT2D eigenvalue weighted by molar-refractivity contribution is 7.89. The number of aryl methyl sites for hydroxylation is 1. The highest BCUT2D eigenvalue weighted by Gasteiger charge is 2.28. The molecule has 1 fully saturated rings. The van der Waals surface area contributed by atoms with Gasteiger partial charge in [-0.05, 0) is 44.4 Å². The van der Waals surface area contributed by atoms with Gasteiger partial charge in [-0.15, -0.1) is 0 Å². The van der Waals surface area contributed by atoms with Crippen molar-refractivity contribution in [3.8, 4) is 0 Å². The second-order valence-electron chi connectivity index (χ2n) is 5.98. The minimum atomic E-state index is -3.66. The minimum Gasteiger partial charge on any atom is -0.480 e. The van der Waals surface area contributed by atoms with E-state index in [2.05, 4.69) is 5.32 Å². The van der Waals surface area contributed by atoms with Crippen LogP contribution in [0.15, 0.2) is 23.1 Å². The van der Waals surface area contributed by atoms with Crippen LogP contribution in [0.1, 0.15) is 42.1 Å². The maximum atomic E-state index is 12.8. The number of piperidine rings is 1. The summed E-state index contributed by atoms with van der Waals surface area (Å²) in [5.41, 5.74) is 0.688. The molecule has 24 heavy (non-hydrogen) atoms. The molecule has 1 aliphatic heterocycles. The molecule has 0 unspecified atom stereocenters. The van der Waals surface area contributed by atoms with E-state index >= 15 is 0 Å². The van der Waals surface area contributed by atoms with Gasteiger partial charge >= 0.3 is 5.97 Å². The number of aliphatic carboxylic acids is 1. The van der Waals surface area contributed by atoms with Gasteiger partial charge in [-0.3, -0.25) is 9.59 Å². The smallest absolute Gasteiger partial charge is 0.325 e. The molecule has 1 amide bonds. The quantitative estimate of drug-likeness (QED) is 0.831. The normalized spacial score (nSPS) is 17.2. The van der Waals surface area contributed by atoms with E-state index < -0.39 is 27.9 Å². The number of nitrogens with zero attached hydrogens (tertiary/aromatic N) is 1. The predicted molar refractivity (Wildman–Crippen MR) is 88.4 cm³/mol. The molecule has 0 radical (unpaired) electrons. The summed E-state index contributed by atoms with van der Waals surface area (Å²) in [6, 6.07) is 3.33. The van der Waals surface area contributed by atoms with E-state index in [1.165, 1.54) is 23.4 Å². The van der Waals surface area contributed by atoms with Crippen molar-refractivity contribution >= 4 is 21.9 Å². The van der Waals surface area contributed by atoms with E-state index in [1.807, 2.05) is 0 Å². The molecule has 0 saturated carbocycles. The predicted octanol–water partition coefficient (Wildman–Crippen LogP) is 1.37. The standard InChI is InChI=1S/C16H22N2O5S/c1-11-6-7-13(15(19)17-12(2)16(20)21)10-14(11)24(22,23)18-8-4-3-5-9-18/h6-7,10,12H,3-5,8-9H2,1-2H3,(H,17,19)(H,20,21)/t12-/m1/s1. The van der Waals surface area contributed by atoms with Gasteiger partial charge < -0.3 is 10.4 Å². The zero-order valence-electron chi connectivity index (χ0n) is 13.8. The summed E-state index contributed by atoms with van der Waals surface area (Å²) in [5.74, 6) is -1.77. The van der Waals surface area contributed by atoms with Crippen LogP contribution in [0.3, 0.4) is 0 Å². The van der Waals surface area contributed by atoms with Crippen LogP contribution in [0.5, 0.6) is 0 Å². The molecular weight excluding hydrogens is 332 g/mol. The molecule has 1 aromatic rings. The molecule has 1 saturated heterocycles. The second kappa shape index (κ2) is 7.31. The Morgan fingerprint density at radius 1 is 1.21 bits per heavy atom. The molecule has 0 aliphatic carbocycles. The van der Waals surface area contributed by atoms with Crippen molar-refractivity contribution in [3.63, 3.8) is 0 Å². The SMILES string of the molecule is Cc1ccc(C(=O)N[C@H](C)C(=O)O)cc1S(=O)(=O)N1CCCCC1. The van der Waals surface area contributed by atoms with Crippen molar-refractivity contribution in [2.45, 2.75) is 44.0 Å². The fraction of sp³-hybridized carbons (Fsp3) is 0.500. The Morgan fingerprint density at radius 2 is 1.83 bits per heavy atom. The Hall–Kier alpha value is -1.93. The number of hydrogen-bond acceptors (Lipinski definition) is 4. The number of carboxylic acid groups (broad SMARTS) is 1. The second-order valence-corrected chi connectivity index (χ2v) is 7.88. The van der Waals surface area contributed by atoms with Crippen LogP contribution in [0.2, 0.25) is 0 Å². The van der Waals surface area contributed by atoms with Crippen molar-refractivity contribution < 1.29 is 23.1 Å². The van der Waals surface area contributed by atoms with E-state index in [-0.39, 0.29) is 10.5 Å². The van der Waals surface area contributed by atoms with E-state index in [1.54, 1.807) is 13.0 Å². The van der Waals surface area contributed by atoms with Crippen molar-refractivity contribution in [1.82, 2.24) is 9.62 Å². The summed E-state index contributed by atoms with van der Waals surface area (Å²) in [6.45, 7) is 3.99. The summed E-state index contributed by atoms with van der Waals surface area (Å²) >= 11 is 0. The first-order chi connectivity index (χ1) is 11.2. The van der Waals surface area contributed by atoms with E-state index in [0.29, 0.717) is 18.7 Å². The first kappa shape index (κ1) is 18.4. The Morgan fingerprint density at radius 3 is 2.42 bits per heavy atom. The number of carbonyl (C=O) groups excluding carboxylic acids is 1. The van der Waals surface area contributed by atoms with Gasteiger partial charge in [-0.25, -0.2) is 8.42 Å². The fourth-order valence-corrected chi connectivity index (χ4v) is 4.37. The van der Waals surface area contributed by atoms with Gasteiger partial charge in [0.25, 0.3) is 5.91 Å². The summed E-state index contributed by atoms with van der Waals surface area (Å²) in [7, 11) is -3.66. The molecule has 0 bridgehead atoms. The molecule has 2 rings (SSSR count). The van der Waals surface area contributed by atoms with E-state index in [0.717, 1.165) is 19.3 Å². The fourth-order valence-electron chi connectivity index (χ4n) is 2.61. The highest BCUT2D eigenvalue weighted by Crippen LogP contribution is 2.24. The number of carboxylic acids is 1. The minimum absolute atomic E-state index is 0.0972. The van der Waals surface area contributed by atoms with Crippen molar-refractivity contribution in [3.05, 3.63) is 29.3 Å². The van der Waals surface area contributed by atoms with Crippen LogP contribution < -0.4 is 5.32 Å². The van der Waals surface area contributed by atoms with Gasteiger partial charge in [0.15, 0.2) is 0 Å². The van der Waals surface area contributed by atoms with E-state index in [9.17, 15) is 18.0 Å². The third-order valence-corrected chi connectivity index (χ3v) is 6.14. The van der Waals surface area contributed by atoms with Crippen LogP contribution in [0.4, 0.5) is 0 Å². The van der Waals surface area contributed by atoms with Crippen LogP contribution in [-0.2, 0) is 14.8 Å². The third kappa shape index (κ3) is 3.93. The van der Waals surface area contributed by atoms with Gasteiger partial charge in [0, 0.05) is 18.7 Å². The lowest BCUT2D eigenvalue weighted by Crippen LogP contribution is -2.38. The number of benzene rings is 1. The average Bonchev–Trinajstić information content (AvgIpc) is 2.55. The number of hydrogen-bond donors (Lipinski definition) is 2. The maximum absolute atomic E-state index is 12.8. The van der Waals surface area contributed by atoms with Crippen LogP contribution >= 0.6 is 0 Å². The molecule has 1 aliphatic rings. The van der Waals surface area contributed by atoms with Gasteiger partial charge in [0.05, 0.1) is 4.90 Å². The van der Waals surface area contributed by atoms with Gasteiger partial charge in [0.1, 0.15) is 6.04 Å². The van der Waals surface area contributed by atoms with Gasteiger partial charge in [-0.1, -0.05) is 12.5 Å². The Bertz CT molecular complexity index is 739. The molecular formula is C16H22N2O5S. The Balaban J connectivity index is 2.31. The van der Waals surface area contributed by atoms with Crippen molar-refractivity contribution in [2.24, 2.45) is 0 Å². The molecule has 1 aromatic carbocycles. The number of amides is 1. The lowest BCUT2D eigenvalue weighted by atomic mass is 10.1.